The number of fused-ring (bicyclic) bond motifs is 1. The fourth-order valence-corrected chi connectivity index (χ4v) is 4.16. The molecule has 5 nitrogen and oxygen atoms in total. The van der Waals surface area contributed by atoms with Crippen LogP contribution in [0.15, 0.2) is 24.4 Å². The van der Waals surface area contributed by atoms with Crippen LogP contribution in [0, 0.1) is 0 Å². The van der Waals surface area contributed by atoms with Crippen LogP contribution in [0.2, 0.25) is 0 Å². The highest BCUT2D eigenvalue weighted by Crippen LogP contribution is 2.31. The molecule has 0 spiro atoms. The molecule has 1 unspecified atom stereocenters. The third kappa shape index (κ3) is 4.28. The second-order valence-electron chi connectivity index (χ2n) is 6.69. The first-order valence-electron chi connectivity index (χ1n) is 8.00. The van der Waals surface area contributed by atoms with Gasteiger partial charge in [-0.1, -0.05) is 18.2 Å². The molecule has 142 valence electrons. The van der Waals surface area contributed by atoms with E-state index in [1.807, 2.05) is 18.2 Å². The predicted molar refractivity (Wildman–Crippen MR) is 94.2 cm³/mol. The molecule has 2 atom stereocenters. The Morgan fingerprint density at radius 1 is 1.38 bits per heavy atom. The van der Waals surface area contributed by atoms with Crippen LogP contribution in [0.1, 0.15) is 27.9 Å². The quantitative estimate of drug-likeness (QED) is 0.769. The van der Waals surface area contributed by atoms with Gasteiger partial charge in [0, 0.05) is 33.8 Å². The first-order valence-corrected chi connectivity index (χ1v) is 10.1. The highest BCUT2D eigenvalue weighted by atomic mass is 32.2. The first-order chi connectivity index (χ1) is 12.0. The van der Waals surface area contributed by atoms with E-state index in [-0.39, 0.29) is 18.2 Å². The zero-order chi connectivity index (χ0) is 19.1. The number of alkyl halides is 3. The molecule has 2 aromatic rings. The Bertz CT molecular complexity index is 920. The zero-order valence-electron chi connectivity index (χ0n) is 14.2. The minimum atomic E-state index is -4.60. The van der Waals surface area contributed by atoms with Gasteiger partial charge < -0.3 is 5.11 Å². The van der Waals surface area contributed by atoms with Crippen LogP contribution in [0.4, 0.5) is 13.2 Å². The van der Waals surface area contributed by atoms with Gasteiger partial charge in [0.1, 0.15) is 0 Å². The van der Waals surface area contributed by atoms with Gasteiger partial charge in [-0.05, 0) is 35.4 Å². The molecule has 1 heterocycles. The van der Waals surface area contributed by atoms with Gasteiger partial charge in [0.25, 0.3) is 0 Å². The highest BCUT2D eigenvalue weighted by Gasteiger charge is 2.37. The summed E-state index contributed by atoms with van der Waals surface area (Å²) in [4.78, 5) is 0. The van der Waals surface area contributed by atoms with Crippen LogP contribution in [0.3, 0.4) is 0 Å². The molecule has 0 amide bonds. The molecule has 26 heavy (non-hydrogen) atoms. The Labute approximate surface area is 150 Å². The van der Waals surface area contributed by atoms with Crippen molar-refractivity contribution in [1.82, 2.24) is 14.5 Å². The van der Waals surface area contributed by atoms with Gasteiger partial charge in [0.15, 0.2) is 5.69 Å². The van der Waals surface area contributed by atoms with E-state index >= 15 is 0 Å². The van der Waals surface area contributed by atoms with E-state index in [0.29, 0.717) is 6.42 Å². The number of nitrogens with zero attached hydrogens (tertiary/aromatic N) is 2. The summed E-state index contributed by atoms with van der Waals surface area (Å²) in [6, 6.07) is 5.76. The van der Waals surface area contributed by atoms with E-state index in [0.717, 1.165) is 23.1 Å². The Balaban J connectivity index is 1.78. The van der Waals surface area contributed by atoms with Crippen molar-refractivity contribution in [1.29, 1.82) is 0 Å². The fraction of sp³-hybridized carbons (Fsp3) is 0.412. The summed E-state index contributed by atoms with van der Waals surface area (Å²) in [5.74, 6) is 3.60. The lowest BCUT2D eigenvalue weighted by Gasteiger charge is -2.12. The summed E-state index contributed by atoms with van der Waals surface area (Å²) in [7, 11) is -2.30. The van der Waals surface area contributed by atoms with Crippen LogP contribution in [-0.4, -0.2) is 37.3 Å². The van der Waals surface area contributed by atoms with Gasteiger partial charge in [-0.3, -0.25) is 8.89 Å². The first kappa shape index (κ1) is 18.9. The lowest BCUT2D eigenvalue weighted by molar-refractivity contribution is -0.142. The number of rotatable bonds is 5. The number of benzene rings is 1. The molecular formula is C17H20F3N3O2S. The summed E-state index contributed by atoms with van der Waals surface area (Å²) < 4.78 is 54.8. The summed E-state index contributed by atoms with van der Waals surface area (Å²) >= 11 is 0. The minimum Gasteiger partial charge on any atom is -0.392 e. The van der Waals surface area contributed by atoms with Gasteiger partial charge >= 0.3 is 6.18 Å². The van der Waals surface area contributed by atoms with E-state index in [1.165, 1.54) is 10.9 Å². The van der Waals surface area contributed by atoms with E-state index in [2.05, 4.69) is 15.7 Å². The summed E-state index contributed by atoms with van der Waals surface area (Å²) in [5.41, 5.74) is 1.73. The van der Waals surface area contributed by atoms with Crippen LogP contribution in [0.25, 0.3) is 0 Å². The fourth-order valence-electron chi connectivity index (χ4n) is 3.29. The number of aromatic nitrogens is 2. The average molecular weight is 387 g/mol. The van der Waals surface area contributed by atoms with E-state index < -0.39 is 28.2 Å². The van der Waals surface area contributed by atoms with Crippen molar-refractivity contribution in [3.8, 4) is 0 Å². The van der Waals surface area contributed by atoms with Crippen molar-refractivity contribution in [3.05, 3.63) is 52.3 Å². The van der Waals surface area contributed by atoms with Crippen molar-refractivity contribution in [2.45, 2.75) is 38.2 Å². The van der Waals surface area contributed by atoms with Crippen molar-refractivity contribution in [2.75, 3.05) is 6.26 Å². The molecule has 0 saturated heterocycles. The Morgan fingerprint density at radius 2 is 2.08 bits per heavy atom. The molecule has 1 aliphatic carbocycles. The third-order valence-electron chi connectivity index (χ3n) is 4.24. The third-order valence-corrected chi connectivity index (χ3v) is 5.07. The SMILES string of the molecule is C=S(C)(=O)N[C@H]1Cc2ccc(Cn3cc(CO)c(C(F)(F)F)n3)cc2C1. The van der Waals surface area contributed by atoms with Crippen LogP contribution in [-0.2, 0) is 41.9 Å². The second-order valence-corrected chi connectivity index (χ2v) is 8.93. The molecule has 1 aromatic carbocycles. The molecule has 0 radical (unpaired) electrons. The molecule has 1 aromatic heterocycles. The van der Waals surface area contributed by atoms with Gasteiger partial charge in [0.05, 0.1) is 13.2 Å². The number of halogens is 3. The summed E-state index contributed by atoms with van der Waals surface area (Å²) in [6.07, 6.45) is -0.393. The van der Waals surface area contributed by atoms with Gasteiger partial charge in [-0.25, -0.2) is 4.72 Å². The molecule has 1 aliphatic rings. The van der Waals surface area contributed by atoms with Crippen LogP contribution >= 0.6 is 0 Å². The van der Waals surface area contributed by atoms with Crippen LogP contribution < -0.4 is 4.72 Å². The monoisotopic (exact) mass is 387 g/mol. The molecule has 3 rings (SSSR count). The van der Waals surface area contributed by atoms with E-state index in [1.54, 1.807) is 6.26 Å². The number of hydrogen-bond donors (Lipinski definition) is 2. The zero-order valence-corrected chi connectivity index (χ0v) is 15.0. The van der Waals surface area contributed by atoms with Gasteiger partial charge in [-0.15, -0.1) is 0 Å². The maximum Gasteiger partial charge on any atom is 0.435 e. The number of aliphatic hydroxyl groups excluding tert-OH is 1. The lowest BCUT2D eigenvalue weighted by Crippen LogP contribution is -2.34. The number of hydrogen-bond acceptors (Lipinski definition) is 3. The lowest BCUT2D eigenvalue weighted by atomic mass is 10.1. The Hall–Kier alpha value is -1.84. The molecule has 0 fully saturated rings. The molecule has 2 N–H and O–H groups in total. The average Bonchev–Trinajstić information content (AvgIpc) is 3.07. The highest BCUT2D eigenvalue weighted by molar-refractivity contribution is 7.97. The van der Waals surface area contributed by atoms with E-state index in [4.69, 9.17) is 5.11 Å². The maximum absolute atomic E-state index is 12.9. The Morgan fingerprint density at radius 3 is 2.65 bits per heavy atom. The van der Waals surface area contributed by atoms with Crippen molar-refractivity contribution in [2.24, 2.45) is 0 Å². The van der Waals surface area contributed by atoms with Crippen molar-refractivity contribution >= 4 is 15.6 Å². The largest absolute Gasteiger partial charge is 0.435 e. The van der Waals surface area contributed by atoms with Crippen LogP contribution in [0.5, 0.6) is 0 Å². The molecule has 0 bridgehead atoms. The second kappa shape index (κ2) is 6.71. The molecule has 9 heteroatoms. The Kier molecular flexibility index (Phi) is 4.89. The molecule has 0 saturated carbocycles. The van der Waals surface area contributed by atoms with Crippen molar-refractivity contribution < 1.29 is 22.5 Å². The predicted octanol–water partition coefficient (Wildman–Crippen LogP) is 1.76. The van der Waals surface area contributed by atoms with Crippen molar-refractivity contribution in [3.63, 3.8) is 0 Å². The van der Waals surface area contributed by atoms with E-state index in [9.17, 15) is 17.4 Å². The smallest absolute Gasteiger partial charge is 0.392 e. The summed E-state index contributed by atoms with van der Waals surface area (Å²) in [5, 5.41) is 12.7. The van der Waals surface area contributed by atoms with Gasteiger partial charge in [-0.2, -0.15) is 18.3 Å². The molecular weight excluding hydrogens is 367 g/mol. The maximum atomic E-state index is 12.9. The summed E-state index contributed by atoms with van der Waals surface area (Å²) in [6.45, 7) is -0.540. The van der Waals surface area contributed by atoms with Gasteiger partial charge in [0.2, 0.25) is 0 Å². The topological polar surface area (TPSA) is 67.2 Å². The normalized spacial score (nSPS) is 19.3. The standard InChI is InChI=1S/C17H20F3N3O2S/c1-26(2,25)22-15-6-12-4-3-11(5-13(12)7-15)8-23-9-14(10-24)16(21-23)17(18,19)20/h3-5,9,15,24H,1,6-8,10H2,2H3,(H,22,25)/t15-,26?/m0/s1. The minimum absolute atomic E-state index is 0.0396. The number of nitrogens with one attached hydrogen (secondary N) is 1. The number of aliphatic hydroxyl groups is 1. The molecule has 0 aliphatic heterocycles.